The topological polar surface area (TPSA) is 196 Å². The van der Waals surface area contributed by atoms with Gasteiger partial charge in [0.1, 0.15) is 17.3 Å². The molecule has 0 bridgehead atoms. The van der Waals surface area contributed by atoms with Gasteiger partial charge < -0.3 is 15.2 Å². The summed E-state index contributed by atoms with van der Waals surface area (Å²) in [6.07, 6.45) is 2.91. The quantitative estimate of drug-likeness (QED) is 0.280. The van der Waals surface area contributed by atoms with Gasteiger partial charge in [-0.2, -0.15) is 0 Å². The Morgan fingerprint density at radius 2 is 1.44 bits per heavy atom. The van der Waals surface area contributed by atoms with Crippen molar-refractivity contribution in [2.24, 2.45) is 0 Å². The van der Waals surface area contributed by atoms with Gasteiger partial charge in [0, 0.05) is 40.1 Å². The van der Waals surface area contributed by atoms with E-state index in [1.165, 1.54) is 38.4 Å². The highest BCUT2D eigenvalue weighted by Crippen LogP contribution is 2.32. The van der Waals surface area contributed by atoms with Crippen LogP contribution in [0.25, 0.3) is 11.1 Å². The van der Waals surface area contributed by atoms with Crippen LogP contribution in [0.3, 0.4) is 0 Å². The van der Waals surface area contributed by atoms with E-state index in [9.17, 15) is 29.8 Å². The van der Waals surface area contributed by atoms with Crippen LogP contribution < -0.4 is 10.6 Å². The zero-order valence-electron chi connectivity index (χ0n) is 19.7. The summed E-state index contributed by atoms with van der Waals surface area (Å²) in [5, 5.41) is 30.9. The Balaban J connectivity index is 0.000000269. The Morgan fingerprint density at radius 3 is 1.89 bits per heavy atom. The molecule has 3 aromatic heterocycles. The van der Waals surface area contributed by atoms with Crippen molar-refractivity contribution in [2.45, 2.75) is 27.7 Å². The van der Waals surface area contributed by atoms with E-state index in [2.05, 4.69) is 41.7 Å². The summed E-state index contributed by atoms with van der Waals surface area (Å²) in [5.74, 6) is 0.465. The minimum Gasteiger partial charge on any atom is -0.361 e. The third-order valence-electron chi connectivity index (χ3n) is 4.43. The van der Waals surface area contributed by atoms with Gasteiger partial charge in [0.05, 0.1) is 28.6 Å². The lowest BCUT2D eigenvalue weighted by atomic mass is 10.1. The Labute approximate surface area is 212 Å². The van der Waals surface area contributed by atoms with Crippen LogP contribution in [-0.2, 0) is 9.59 Å². The van der Waals surface area contributed by atoms with E-state index in [0.717, 1.165) is 0 Å². The molecule has 0 spiro atoms. The number of nitrogens with zero attached hydrogens (tertiary/aromatic N) is 5. The number of carbonyl (C=O) groups is 2. The largest absolute Gasteiger partial charge is 0.361 e. The monoisotopic (exact) mass is 563 g/mol. The first-order valence-corrected chi connectivity index (χ1v) is 11.0. The number of hydrogen-bond acceptors (Lipinski definition) is 12. The normalized spacial score (nSPS) is 10.1. The predicted molar refractivity (Wildman–Crippen MR) is 133 cm³/mol. The average Bonchev–Trinajstić information content (AvgIpc) is 3.14. The molecule has 3 heterocycles. The number of aromatic nitrogens is 3. The fourth-order valence-electron chi connectivity index (χ4n) is 2.88. The molecule has 15 heteroatoms. The first-order chi connectivity index (χ1) is 16.9. The number of pyridine rings is 2. The first kappa shape index (κ1) is 28.0. The average molecular weight is 564 g/mol. The molecule has 0 aromatic carbocycles. The Hall–Kier alpha value is -4.27. The van der Waals surface area contributed by atoms with Crippen LogP contribution in [0.15, 0.2) is 33.5 Å². The lowest BCUT2D eigenvalue weighted by Gasteiger charge is -2.06. The number of ketones is 2. The van der Waals surface area contributed by atoms with Crippen molar-refractivity contribution >= 4 is 50.5 Å². The number of Topliss-reactive ketones (excluding diaryl/α,β-unsaturated/α-hetero) is 2. The molecule has 0 unspecified atom stereocenters. The lowest BCUT2D eigenvalue weighted by molar-refractivity contribution is -0.384. The molecule has 0 saturated carbocycles. The van der Waals surface area contributed by atoms with E-state index < -0.39 is 9.85 Å². The molecule has 0 aliphatic heterocycles. The molecule has 3 rings (SSSR count). The van der Waals surface area contributed by atoms with Crippen molar-refractivity contribution in [2.75, 3.05) is 23.7 Å². The summed E-state index contributed by atoms with van der Waals surface area (Å²) < 4.78 is 5.57. The van der Waals surface area contributed by atoms with Gasteiger partial charge in [-0.3, -0.25) is 29.8 Å². The Bertz CT molecular complexity index is 1290. The van der Waals surface area contributed by atoms with Gasteiger partial charge in [-0.25, -0.2) is 9.97 Å². The fraction of sp³-hybridized carbons (Fsp3) is 0.286. The maximum Gasteiger partial charge on any atom is 0.312 e. The van der Waals surface area contributed by atoms with Crippen molar-refractivity contribution in [3.05, 3.63) is 60.7 Å². The predicted octanol–water partition coefficient (Wildman–Crippen LogP) is 4.02. The van der Waals surface area contributed by atoms with E-state index in [-0.39, 0.29) is 47.7 Å². The van der Waals surface area contributed by atoms with Crippen molar-refractivity contribution in [3.8, 4) is 11.1 Å². The highest BCUT2D eigenvalue weighted by Gasteiger charge is 2.20. The van der Waals surface area contributed by atoms with Crippen LogP contribution in [0.2, 0.25) is 0 Å². The maximum atomic E-state index is 11.2. The summed E-state index contributed by atoms with van der Waals surface area (Å²) >= 11 is 3.08. The molecule has 0 atom stereocenters. The van der Waals surface area contributed by atoms with Crippen molar-refractivity contribution in [1.82, 2.24) is 15.1 Å². The van der Waals surface area contributed by atoms with Crippen molar-refractivity contribution < 1.29 is 24.0 Å². The third-order valence-corrected chi connectivity index (χ3v) is 4.86. The maximum absolute atomic E-state index is 11.2. The summed E-state index contributed by atoms with van der Waals surface area (Å²) in [6, 6.07) is 2.72. The number of carbonyl (C=O) groups excluding carboxylic acids is 2. The number of nitro groups is 2. The van der Waals surface area contributed by atoms with Crippen LogP contribution >= 0.6 is 15.9 Å². The highest BCUT2D eigenvalue weighted by molar-refractivity contribution is 9.10. The summed E-state index contributed by atoms with van der Waals surface area (Å²) in [6.45, 7) is 6.26. The number of aryl methyl sites for hydroxylation is 2. The zero-order chi connectivity index (χ0) is 27.0. The van der Waals surface area contributed by atoms with Gasteiger partial charge in [-0.05, 0) is 43.6 Å². The lowest BCUT2D eigenvalue weighted by Crippen LogP contribution is -2.12. The van der Waals surface area contributed by atoms with Crippen LogP contribution in [0.4, 0.5) is 23.0 Å². The van der Waals surface area contributed by atoms with E-state index in [1.54, 1.807) is 13.8 Å². The van der Waals surface area contributed by atoms with Gasteiger partial charge in [-0.15, -0.1) is 0 Å². The molecular formula is C21H22BrN7O7. The number of halogens is 1. The van der Waals surface area contributed by atoms with E-state index in [1.807, 2.05) is 0 Å². The smallest absolute Gasteiger partial charge is 0.312 e. The van der Waals surface area contributed by atoms with E-state index in [0.29, 0.717) is 27.1 Å². The minimum absolute atomic E-state index is 0.0154. The van der Waals surface area contributed by atoms with Gasteiger partial charge in [0.2, 0.25) is 11.6 Å². The second-order valence-corrected chi connectivity index (χ2v) is 8.35. The molecular weight excluding hydrogens is 542 g/mol. The standard InChI is InChI=1S/C13H14N4O4.C8H8BrN3O3/c1-7(18)5-14-13-11(17(19)20)4-10(6-15-13)12-8(2)16-21-9(12)3;1-5(13)3-10-8-7(12(14)15)2-6(9)4-11-8/h4,6H,5H2,1-3H3,(H,14,15);2,4H,3H2,1H3,(H,10,11). The van der Waals surface area contributed by atoms with Gasteiger partial charge in [0.25, 0.3) is 0 Å². The van der Waals surface area contributed by atoms with E-state index in [4.69, 9.17) is 4.52 Å². The molecule has 2 N–H and O–H groups in total. The molecule has 0 aliphatic carbocycles. The number of rotatable bonds is 9. The van der Waals surface area contributed by atoms with Crippen molar-refractivity contribution in [1.29, 1.82) is 0 Å². The molecule has 0 aliphatic rings. The summed E-state index contributed by atoms with van der Waals surface area (Å²) in [4.78, 5) is 50.2. The molecule has 0 fully saturated rings. The third kappa shape index (κ3) is 7.63. The Morgan fingerprint density at radius 1 is 0.944 bits per heavy atom. The highest BCUT2D eigenvalue weighted by atomic mass is 79.9. The fourth-order valence-corrected chi connectivity index (χ4v) is 3.20. The molecule has 0 radical (unpaired) electrons. The minimum atomic E-state index is -0.555. The zero-order valence-corrected chi connectivity index (χ0v) is 21.3. The second-order valence-electron chi connectivity index (χ2n) is 7.44. The van der Waals surface area contributed by atoms with Crippen molar-refractivity contribution in [3.63, 3.8) is 0 Å². The molecule has 190 valence electrons. The second kappa shape index (κ2) is 12.4. The molecule has 0 saturated heterocycles. The molecule has 3 aromatic rings. The molecule has 14 nitrogen and oxygen atoms in total. The Kier molecular flexibility index (Phi) is 9.66. The number of hydrogen-bond donors (Lipinski definition) is 2. The van der Waals surface area contributed by atoms with Gasteiger partial charge in [0.15, 0.2) is 0 Å². The first-order valence-electron chi connectivity index (χ1n) is 10.2. The number of anilines is 2. The van der Waals surface area contributed by atoms with Crippen LogP contribution in [-0.4, -0.2) is 49.6 Å². The van der Waals surface area contributed by atoms with Crippen LogP contribution in [0.5, 0.6) is 0 Å². The van der Waals surface area contributed by atoms with Gasteiger partial charge in [-0.1, -0.05) is 5.16 Å². The van der Waals surface area contributed by atoms with Crippen LogP contribution in [0.1, 0.15) is 25.3 Å². The molecule has 36 heavy (non-hydrogen) atoms. The van der Waals surface area contributed by atoms with E-state index >= 15 is 0 Å². The summed E-state index contributed by atoms with van der Waals surface area (Å²) in [7, 11) is 0. The summed E-state index contributed by atoms with van der Waals surface area (Å²) in [5.41, 5.74) is 1.50. The molecule has 0 amide bonds. The van der Waals surface area contributed by atoms with Gasteiger partial charge >= 0.3 is 11.4 Å². The van der Waals surface area contributed by atoms with Crippen LogP contribution in [0, 0.1) is 34.1 Å². The number of nitrogens with one attached hydrogen (secondary N) is 2. The SMILES string of the molecule is CC(=O)CNc1ncc(-c2c(C)noc2C)cc1[N+](=O)[O-].CC(=O)CNc1ncc(Br)cc1[N+](=O)[O-].